The fourth-order valence-corrected chi connectivity index (χ4v) is 3.74. The van der Waals surface area contributed by atoms with E-state index in [1.54, 1.807) is 12.5 Å². The summed E-state index contributed by atoms with van der Waals surface area (Å²) in [6.45, 7) is 3.46. The highest BCUT2D eigenvalue weighted by Crippen LogP contribution is 2.23. The maximum atomic E-state index is 12.9. The normalized spacial score (nSPS) is 17.1. The predicted octanol–water partition coefficient (Wildman–Crippen LogP) is 2.53. The van der Waals surface area contributed by atoms with Crippen LogP contribution in [0.4, 0.5) is 0 Å². The molecule has 0 radical (unpaired) electrons. The molecule has 3 aromatic rings. The number of imidazole rings is 1. The Morgan fingerprint density at radius 1 is 1.35 bits per heavy atom. The van der Waals surface area contributed by atoms with Gasteiger partial charge in [0.05, 0.1) is 12.7 Å². The van der Waals surface area contributed by atoms with Crippen molar-refractivity contribution in [1.82, 2.24) is 14.5 Å². The molecule has 1 amide bonds. The van der Waals surface area contributed by atoms with E-state index in [9.17, 15) is 9.59 Å². The van der Waals surface area contributed by atoms with Crippen molar-refractivity contribution in [1.29, 1.82) is 0 Å². The smallest absolute Gasteiger partial charge is 0.336 e. The van der Waals surface area contributed by atoms with E-state index < -0.39 is 5.63 Å². The summed E-state index contributed by atoms with van der Waals surface area (Å²) in [6.07, 6.45) is 7.64. The van der Waals surface area contributed by atoms with Gasteiger partial charge in [0.1, 0.15) is 5.58 Å². The van der Waals surface area contributed by atoms with Crippen LogP contribution in [0, 0.1) is 6.92 Å². The molecule has 1 saturated heterocycles. The lowest BCUT2D eigenvalue weighted by atomic mass is 10.0. The Labute approximate surface area is 151 Å². The van der Waals surface area contributed by atoms with Crippen LogP contribution in [0.5, 0.6) is 0 Å². The fourth-order valence-electron chi connectivity index (χ4n) is 3.74. The van der Waals surface area contributed by atoms with Gasteiger partial charge in [0.15, 0.2) is 0 Å². The van der Waals surface area contributed by atoms with E-state index >= 15 is 0 Å². The molecule has 1 unspecified atom stereocenters. The van der Waals surface area contributed by atoms with Gasteiger partial charge >= 0.3 is 5.63 Å². The number of carbonyl (C=O) groups is 1. The molecule has 2 aromatic heterocycles. The van der Waals surface area contributed by atoms with Crippen molar-refractivity contribution < 1.29 is 9.21 Å². The van der Waals surface area contributed by atoms with E-state index in [4.69, 9.17) is 4.42 Å². The second kappa shape index (κ2) is 6.78. The van der Waals surface area contributed by atoms with Gasteiger partial charge in [-0.15, -0.1) is 0 Å². The highest BCUT2D eigenvalue weighted by atomic mass is 16.4. The topological polar surface area (TPSA) is 68.3 Å². The molecule has 134 valence electrons. The lowest BCUT2D eigenvalue weighted by Crippen LogP contribution is -2.38. The van der Waals surface area contributed by atoms with E-state index in [2.05, 4.69) is 4.98 Å². The molecule has 1 aliphatic rings. The molecule has 1 atom stereocenters. The summed E-state index contributed by atoms with van der Waals surface area (Å²) < 4.78 is 7.30. The molecule has 6 nitrogen and oxygen atoms in total. The van der Waals surface area contributed by atoms with Crippen molar-refractivity contribution in [3.8, 4) is 0 Å². The van der Waals surface area contributed by atoms with E-state index in [0.29, 0.717) is 5.58 Å². The van der Waals surface area contributed by atoms with Crippen LogP contribution in [-0.2, 0) is 17.8 Å². The van der Waals surface area contributed by atoms with Gasteiger partial charge < -0.3 is 13.9 Å². The number of hydrogen-bond acceptors (Lipinski definition) is 4. The Morgan fingerprint density at radius 3 is 3.04 bits per heavy atom. The standard InChI is InChI=1S/C20H21N3O3/c1-14-4-5-17-15(11-20(25)26-18(17)9-14)10-19(24)23-7-2-3-16(23)12-22-8-6-21-13-22/h4-6,8-9,11,13,16H,2-3,7,10,12H2,1H3. The number of nitrogens with zero attached hydrogens (tertiary/aromatic N) is 3. The van der Waals surface area contributed by atoms with Gasteiger partial charge in [-0.3, -0.25) is 4.79 Å². The third-order valence-corrected chi connectivity index (χ3v) is 5.01. The van der Waals surface area contributed by atoms with Crippen LogP contribution in [0.15, 0.2) is 52.2 Å². The summed E-state index contributed by atoms with van der Waals surface area (Å²) in [4.78, 5) is 30.8. The van der Waals surface area contributed by atoms with Crippen LogP contribution >= 0.6 is 0 Å². The second-order valence-corrected chi connectivity index (χ2v) is 6.91. The van der Waals surface area contributed by atoms with Crippen LogP contribution in [0.3, 0.4) is 0 Å². The van der Waals surface area contributed by atoms with E-state index in [-0.39, 0.29) is 18.4 Å². The molecule has 0 bridgehead atoms. The van der Waals surface area contributed by atoms with E-state index in [0.717, 1.165) is 42.4 Å². The fraction of sp³-hybridized carbons (Fsp3) is 0.350. The number of benzene rings is 1. The maximum Gasteiger partial charge on any atom is 0.336 e. The molecule has 6 heteroatoms. The van der Waals surface area contributed by atoms with Gasteiger partial charge in [-0.1, -0.05) is 12.1 Å². The number of rotatable bonds is 4. The predicted molar refractivity (Wildman–Crippen MR) is 97.9 cm³/mol. The number of aryl methyl sites for hydroxylation is 1. The first-order valence-corrected chi connectivity index (χ1v) is 8.89. The first-order valence-electron chi connectivity index (χ1n) is 8.89. The third-order valence-electron chi connectivity index (χ3n) is 5.01. The minimum absolute atomic E-state index is 0.0556. The number of amides is 1. The first kappa shape index (κ1) is 16.6. The van der Waals surface area contributed by atoms with Crippen LogP contribution in [0.1, 0.15) is 24.0 Å². The van der Waals surface area contributed by atoms with Crippen molar-refractivity contribution in [2.45, 2.75) is 38.8 Å². The Kier molecular flexibility index (Phi) is 4.32. The largest absolute Gasteiger partial charge is 0.423 e. The SMILES string of the molecule is Cc1ccc2c(CC(=O)N3CCCC3Cn3ccnc3)cc(=O)oc2c1. The highest BCUT2D eigenvalue weighted by molar-refractivity contribution is 5.87. The van der Waals surface area contributed by atoms with E-state index in [1.165, 1.54) is 6.07 Å². The van der Waals surface area contributed by atoms with Crippen molar-refractivity contribution in [2.75, 3.05) is 6.54 Å². The molecule has 4 rings (SSSR count). The molecule has 0 N–H and O–H groups in total. The second-order valence-electron chi connectivity index (χ2n) is 6.91. The zero-order chi connectivity index (χ0) is 18.1. The van der Waals surface area contributed by atoms with Crippen LogP contribution in [0.2, 0.25) is 0 Å². The summed E-state index contributed by atoms with van der Waals surface area (Å²) >= 11 is 0. The Balaban J connectivity index is 1.58. The molecule has 1 aliphatic heterocycles. The highest BCUT2D eigenvalue weighted by Gasteiger charge is 2.29. The number of carbonyl (C=O) groups excluding carboxylic acids is 1. The molecule has 1 aromatic carbocycles. The van der Waals surface area contributed by atoms with Crippen molar-refractivity contribution in [2.24, 2.45) is 0 Å². The zero-order valence-corrected chi connectivity index (χ0v) is 14.7. The van der Waals surface area contributed by atoms with Crippen LogP contribution in [0.25, 0.3) is 11.0 Å². The molecule has 0 saturated carbocycles. The Morgan fingerprint density at radius 2 is 2.23 bits per heavy atom. The van der Waals surface area contributed by atoms with Gasteiger partial charge in [0, 0.05) is 43.0 Å². The van der Waals surface area contributed by atoms with Gasteiger partial charge in [-0.2, -0.15) is 0 Å². The summed E-state index contributed by atoms with van der Waals surface area (Å²) in [5.41, 5.74) is 1.87. The lowest BCUT2D eigenvalue weighted by molar-refractivity contribution is -0.131. The average molecular weight is 351 g/mol. The molecular weight excluding hydrogens is 330 g/mol. The molecule has 0 aliphatic carbocycles. The summed E-state index contributed by atoms with van der Waals surface area (Å²) in [5, 5.41) is 0.828. The quantitative estimate of drug-likeness (QED) is 0.678. The van der Waals surface area contributed by atoms with Crippen molar-refractivity contribution in [3.63, 3.8) is 0 Å². The molecule has 1 fully saturated rings. The number of likely N-dealkylation sites (tertiary alicyclic amines) is 1. The first-order chi connectivity index (χ1) is 12.6. The van der Waals surface area contributed by atoms with Crippen LogP contribution < -0.4 is 5.63 Å². The molecule has 3 heterocycles. The van der Waals surface area contributed by atoms with Crippen molar-refractivity contribution in [3.05, 3.63) is 64.5 Å². The van der Waals surface area contributed by atoms with Gasteiger partial charge in [0.2, 0.25) is 5.91 Å². The summed E-state index contributed by atoms with van der Waals surface area (Å²) in [5.74, 6) is 0.0556. The molecule has 0 spiro atoms. The summed E-state index contributed by atoms with van der Waals surface area (Å²) in [7, 11) is 0. The Hall–Kier alpha value is -2.89. The summed E-state index contributed by atoms with van der Waals surface area (Å²) in [6, 6.07) is 7.33. The molecule has 26 heavy (non-hydrogen) atoms. The van der Waals surface area contributed by atoms with E-state index in [1.807, 2.05) is 40.8 Å². The Bertz CT molecular complexity index is 991. The maximum absolute atomic E-state index is 12.9. The number of fused-ring (bicyclic) bond motifs is 1. The monoisotopic (exact) mass is 351 g/mol. The minimum atomic E-state index is -0.415. The van der Waals surface area contributed by atoms with Crippen molar-refractivity contribution >= 4 is 16.9 Å². The van der Waals surface area contributed by atoms with Gasteiger partial charge in [-0.25, -0.2) is 9.78 Å². The average Bonchev–Trinajstić information content (AvgIpc) is 3.26. The zero-order valence-electron chi connectivity index (χ0n) is 14.7. The van der Waals surface area contributed by atoms with Gasteiger partial charge in [-0.05, 0) is 37.0 Å². The van der Waals surface area contributed by atoms with Crippen LogP contribution in [-0.4, -0.2) is 32.9 Å². The molecular formula is C20H21N3O3. The number of hydrogen-bond donors (Lipinski definition) is 0. The third kappa shape index (κ3) is 3.27. The van der Waals surface area contributed by atoms with Gasteiger partial charge in [0.25, 0.3) is 0 Å². The minimum Gasteiger partial charge on any atom is -0.423 e. The number of aromatic nitrogens is 2. The lowest BCUT2D eigenvalue weighted by Gasteiger charge is -2.25.